The van der Waals surface area contributed by atoms with E-state index < -0.39 is 0 Å². The number of fused-ring (bicyclic) bond motifs is 5. The van der Waals surface area contributed by atoms with Crippen molar-refractivity contribution in [3.63, 3.8) is 0 Å². The van der Waals surface area contributed by atoms with E-state index in [4.69, 9.17) is 0 Å². The van der Waals surface area contributed by atoms with Crippen LogP contribution in [0.1, 0.15) is 29.8 Å². The van der Waals surface area contributed by atoms with Crippen LogP contribution in [-0.2, 0) is 0 Å². The molecule has 88 valence electrons. The molecule has 17 heavy (non-hydrogen) atoms. The maximum Gasteiger partial charge on any atom is 0.280 e. The van der Waals surface area contributed by atoms with Crippen molar-refractivity contribution < 1.29 is 4.79 Å². The van der Waals surface area contributed by atoms with Gasteiger partial charge in [-0.15, -0.1) is 0 Å². The number of H-pyrrole nitrogens is 1. The fourth-order valence-electron chi connectivity index (χ4n) is 3.12. The molecule has 0 unspecified atom stereocenters. The quantitative estimate of drug-likeness (QED) is 0.710. The molecule has 4 rings (SSSR count). The van der Waals surface area contributed by atoms with E-state index in [1.54, 1.807) is 18.3 Å². The number of aliphatic imine (C=N–C) groups is 1. The Labute approximate surface area is 98.3 Å². The first-order valence-electron chi connectivity index (χ1n) is 5.96. The lowest BCUT2D eigenvalue weighted by atomic mass is 10.1. The van der Waals surface area contributed by atoms with Gasteiger partial charge in [0.1, 0.15) is 5.69 Å². The topological polar surface area (TPSA) is 64.6 Å². The third kappa shape index (κ3) is 0.981. The standard InChI is InChI=1S/C11H13N5O/c1-15-10(17)8-9(13-5-12-8)16-7-4-2-3-6(7)14-11(15)16/h5-7H,2-4H2,1H3,(H,12,13)/t6-,7+/m1/s1. The molecule has 1 aliphatic carbocycles. The number of aromatic nitrogens is 2. The summed E-state index contributed by atoms with van der Waals surface area (Å²) in [6.45, 7) is 0. The molecule has 1 aromatic rings. The molecule has 1 fully saturated rings. The average Bonchev–Trinajstić information content (AvgIpc) is 2.98. The minimum absolute atomic E-state index is 0.0486. The van der Waals surface area contributed by atoms with E-state index in [0.29, 0.717) is 17.8 Å². The lowest BCUT2D eigenvalue weighted by molar-refractivity contribution is 0.0860. The highest BCUT2D eigenvalue weighted by Gasteiger charge is 2.47. The summed E-state index contributed by atoms with van der Waals surface area (Å²) in [5.41, 5.74) is 0.582. The lowest BCUT2D eigenvalue weighted by Crippen LogP contribution is -2.51. The van der Waals surface area contributed by atoms with Gasteiger partial charge in [0.2, 0.25) is 5.96 Å². The molecule has 0 bridgehead atoms. The van der Waals surface area contributed by atoms with E-state index >= 15 is 0 Å². The number of hydrogen-bond acceptors (Lipinski definition) is 4. The van der Waals surface area contributed by atoms with Gasteiger partial charge in [-0.3, -0.25) is 14.6 Å². The molecule has 1 N–H and O–H groups in total. The molecule has 2 aliphatic heterocycles. The van der Waals surface area contributed by atoms with Crippen molar-refractivity contribution in [1.29, 1.82) is 0 Å². The van der Waals surface area contributed by atoms with E-state index in [9.17, 15) is 4.79 Å². The number of amides is 1. The predicted molar refractivity (Wildman–Crippen MR) is 62.0 cm³/mol. The van der Waals surface area contributed by atoms with Gasteiger partial charge in [0, 0.05) is 7.05 Å². The van der Waals surface area contributed by atoms with E-state index in [2.05, 4.69) is 19.9 Å². The van der Waals surface area contributed by atoms with Crippen molar-refractivity contribution in [2.24, 2.45) is 4.99 Å². The third-order valence-corrected chi connectivity index (χ3v) is 3.94. The van der Waals surface area contributed by atoms with Gasteiger partial charge in [-0.2, -0.15) is 0 Å². The molecule has 0 saturated heterocycles. The second-order valence-electron chi connectivity index (χ2n) is 4.83. The first-order chi connectivity index (χ1) is 8.27. The number of guanidine groups is 1. The zero-order valence-electron chi connectivity index (χ0n) is 9.55. The number of aromatic amines is 1. The first-order valence-corrected chi connectivity index (χ1v) is 5.96. The summed E-state index contributed by atoms with van der Waals surface area (Å²) < 4.78 is 0. The van der Waals surface area contributed by atoms with Crippen molar-refractivity contribution >= 4 is 17.7 Å². The second-order valence-corrected chi connectivity index (χ2v) is 4.83. The van der Waals surface area contributed by atoms with Gasteiger partial charge < -0.3 is 4.98 Å². The van der Waals surface area contributed by atoms with Gasteiger partial charge in [0.15, 0.2) is 5.82 Å². The van der Waals surface area contributed by atoms with Crippen LogP contribution in [0.15, 0.2) is 11.3 Å². The van der Waals surface area contributed by atoms with Gasteiger partial charge in [-0.1, -0.05) is 0 Å². The van der Waals surface area contributed by atoms with Crippen molar-refractivity contribution in [2.45, 2.75) is 31.3 Å². The molecule has 3 heterocycles. The Hall–Kier alpha value is -1.85. The number of carbonyl (C=O) groups excluding carboxylic acids is 1. The summed E-state index contributed by atoms with van der Waals surface area (Å²) in [6.07, 6.45) is 5.04. The number of nitrogens with zero attached hydrogens (tertiary/aromatic N) is 4. The molecule has 0 radical (unpaired) electrons. The average molecular weight is 231 g/mol. The highest BCUT2D eigenvalue weighted by atomic mass is 16.2. The van der Waals surface area contributed by atoms with Crippen molar-refractivity contribution in [3.8, 4) is 0 Å². The number of anilines is 1. The van der Waals surface area contributed by atoms with Crippen molar-refractivity contribution in [2.75, 3.05) is 11.9 Å². The molecular weight excluding hydrogens is 218 g/mol. The van der Waals surface area contributed by atoms with Gasteiger partial charge in [0.05, 0.1) is 18.4 Å². The Bertz CT molecular complexity index is 534. The van der Waals surface area contributed by atoms with Crippen LogP contribution < -0.4 is 4.90 Å². The molecule has 2 atom stereocenters. The monoisotopic (exact) mass is 231 g/mol. The van der Waals surface area contributed by atoms with E-state index in [-0.39, 0.29) is 5.91 Å². The predicted octanol–water partition coefficient (Wildman–Crippen LogP) is 0.592. The number of carbonyl (C=O) groups is 1. The van der Waals surface area contributed by atoms with Gasteiger partial charge >= 0.3 is 0 Å². The van der Waals surface area contributed by atoms with Gasteiger partial charge in [-0.25, -0.2) is 9.98 Å². The van der Waals surface area contributed by atoms with Crippen LogP contribution in [0.2, 0.25) is 0 Å². The summed E-state index contributed by atoms with van der Waals surface area (Å²) in [5, 5.41) is 0. The normalized spacial score (nSPS) is 30.2. The summed E-state index contributed by atoms with van der Waals surface area (Å²) in [5.74, 6) is 1.47. The van der Waals surface area contributed by atoms with Crippen molar-refractivity contribution in [1.82, 2.24) is 14.9 Å². The van der Waals surface area contributed by atoms with Crippen LogP contribution in [0, 0.1) is 0 Å². The number of hydrogen-bond donors (Lipinski definition) is 1. The third-order valence-electron chi connectivity index (χ3n) is 3.94. The highest BCUT2D eigenvalue weighted by molar-refractivity contribution is 6.18. The van der Waals surface area contributed by atoms with Crippen LogP contribution in [0.3, 0.4) is 0 Å². The lowest BCUT2D eigenvalue weighted by Gasteiger charge is -2.33. The molecule has 0 aromatic carbocycles. The molecule has 1 aromatic heterocycles. The Balaban J connectivity index is 1.91. The fraction of sp³-hybridized carbons (Fsp3) is 0.545. The molecular formula is C11H13N5O. The summed E-state index contributed by atoms with van der Waals surface area (Å²) in [4.78, 5) is 27.7. The van der Waals surface area contributed by atoms with Crippen LogP contribution >= 0.6 is 0 Å². The Morgan fingerprint density at radius 2 is 2.35 bits per heavy atom. The van der Waals surface area contributed by atoms with E-state index in [1.807, 2.05) is 0 Å². The maximum atomic E-state index is 12.1. The summed E-state index contributed by atoms with van der Waals surface area (Å²) >= 11 is 0. The molecule has 6 nitrogen and oxygen atoms in total. The summed E-state index contributed by atoms with van der Waals surface area (Å²) in [6, 6.07) is 0.727. The maximum absolute atomic E-state index is 12.1. The van der Waals surface area contributed by atoms with Gasteiger partial charge in [-0.05, 0) is 19.3 Å². The minimum Gasteiger partial charge on any atom is -0.339 e. The summed E-state index contributed by atoms with van der Waals surface area (Å²) in [7, 11) is 1.78. The van der Waals surface area contributed by atoms with Gasteiger partial charge in [0.25, 0.3) is 5.91 Å². The SMILES string of the molecule is CN1C(=O)c2[nH]cnc2N2C1=N[C@@H]1CCC[C@@H]12. The number of imidazole rings is 1. The molecule has 0 spiro atoms. The fourth-order valence-corrected chi connectivity index (χ4v) is 3.12. The molecule has 1 amide bonds. The Morgan fingerprint density at radius 3 is 3.24 bits per heavy atom. The largest absolute Gasteiger partial charge is 0.339 e. The first kappa shape index (κ1) is 9.21. The van der Waals surface area contributed by atoms with E-state index in [1.165, 1.54) is 6.42 Å². The van der Waals surface area contributed by atoms with Crippen LogP contribution in [-0.4, -0.2) is 45.9 Å². The smallest absolute Gasteiger partial charge is 0.280 e. The van der Waals surface area contributed by atoms with Crippen LogP contribution in [0.4, 0.5) is 5.82 Å². The highest BCUT2D eigenvalue weighted by Crippen LogP contribution is 2.38. The minimum atomic E-state index is -0.0486. The number of nitrogens with one attached hydrogen (secondary N) is 1. The van der Waals surface area contributed by atoms with E-state index in [0.717, 1.165) is 24.6 Å². The van der Waals surface area contributed by atoms with Crippen LogP contribution in [0.5, 0.6) is 0 Å². The Kier molecular flexibility index (Phi) is 1.56. The zero-order chi connectivity index (χ0) is 11.6. The molecule has 1 saturated carbocycles. The molecule has 6 heteroatoms. The zero-order valence-corrected chi connectivity index (χ0v) is 9.55. The Morgan fingerprint density at radius 1 is 1.47 bits per heavy atom. The number of rotatable bonds is 0. The second kappa shape index (κ2) is 2.88. The van der Waals surface area contributed by atoms with Crippen LogP contribution in [0.25, 0.3) is 0 Å². The molecule has 3 aliphatic rings. The van der Waals surface area contributed by atoms with Crippen molar-refractivity contribution in [3.05, 3.63) is 12.0 Å².